The molecule has 0 unspecified atom stereocenters. The molecule has 5 nitrogen and oxygen atoms in total. The number of carbonyl (C=O) groups excluding carboxylic acids is 4. The maximum absolute atomic E-state index is 12.1. The molecule has 0 heterocycles. The third-order valence-electron chi connectivity index (χ3n) is 3.15. The van der Waals surface area contributed by atoms with E-state index in [0.29, 0.717) is 0 Å². The van der Waals surface area contributed by atoms with E-state index >= 15 is 0 Å². The number of ketones is 3. The van der Waals surface area contributed by atoms with E-state index in [1.54, 1.807) is 6.92 Å². The van der Waals surface area contributed by atoms with E-state index < -0.39 is 11.4 Å². The number of ether oxygens (including phenoxy) is 1. The van der Waals surface area contributed by atoms with Gasteiger partial charge in [0.25, 0.3) is 0 Å². The van der Waals surface area contributed by atoms with Gasteiger partial charge in [0.15, 0.2) is 0 Å². The lowest BCUT2D eigenvalue weighted by atomic mass is 9.75. The third kappa shape index (κ3) is 5.32. The van der Waals surface area contributed by atoms with Crippen LogP contribution in [0.25, 0.3) is 0 Å². The van der Waals surface area contributed by atoms with Gasteiger partial charge in [-0.2, -0.15) is 0 Å². The maximum Gasteiger partial charge on any atom is 0.319 e. The summed E-state index contributed by atoms with van der Waals surface area (Å²) in [5.74, 6) is -1.19. The Morgan fingerprint density at radius 1 is 0.895 bits per heavy atom. The summed E-state index contributed by atoms with van der Waals surface area (Å²) in [6, 6.07) is 0. The molecule has 0 aromatic rings. The fourth-order valence-electron chi connectivity index (χ4n) is 1.87. The van der Waals surface area contributed by atoms with Crippen LogP contribution in [0.15, 0.2) is 0 Å². The van der Waals surface area contributed by atoms with Crippen molar-refractivity contribution in [1.82, 2.24) is 0 Å². The Kier molecular flexibility index (Phi) is 7.19. The van der Waals surface area contributed by atoms with Gasteiger partial charge in [-0.1, -0.05) is 0 Å². The van der Waals surface area contributed by atoms with Crippen molar-refractivity contribution in [3.8, 4) is 0 Å². The van der Waals surface area contributed by atoms with Crippen LogP contribution in [0.4, 0.5) is 0 Å². The lowest BCUT2D eigenvalue weighted by molar-refractivity contribution is -0.161. The van der Waals surface area contributed by atoms with Crippen LogP contribution < -0.4 is 0 Å². The highest BCUT2D eigenvalue weighted by Gasteiger charge is 2.44. The fraction of sp³-hybridized carbons (Fsp3) is 0.714. The van der Waals surface area contributed by atoms with Crippen LogP contribution in [0, 0.1) is 5.41 Å². The Hall–Kier alpha value is -1.52. The van der Waals surface area contributed by atoms with Crippen molar-refractivity contribution in [2.24, 2.45) is 5.41 Å². The Balaban J connectivity index is 5.20. The van der Waals surface area contributed by atoms with Gasteiger partial charge in [-0.25, -0.2) is 0 Å². The molecule has 0 amide bonds. The second-order valence-corrected chi connectivity index (χ2v) is 4.76. The highest BCUT2D eigenvalue weighted by molar-refractivity contribution is 6.03. The zero-order chi connectivity index (χ0) is 15.1. The zero-order valence-electron chi connectivity index (χ0n) is 12.1. The van der Waals surface area contributed by atoms with Crippen molar-refractivity contribution in [2.75, 3.05) is 6.61 Å². The summed E-state index contributed by atoms with van der Waals surface area (Å²) in [6.07, 6.45) is 0.445. The molecule has 0 atom stereocenters. The highest BCUT2D eigenvalue weighted by Crippen LogP contribution is 2.33. The molecule has 0 fully saturated rings. The number of hydrogen-bond acceptors (Lipinski definition) is 5. The van der Waals surface area contributed by atoms with E-state index in [1.807, 2.05) is 0 Å². The largest absolute Gasteiger partial charge is 0.465 e. The monoisotopic (exact) mass is 270 g/mol. The summed E-state index contributed by atoms with van der Waals surface area (Å²) >= 11 is 0. The van der Waals surface area contributed by atoms with Crippen LogP contribution in [0.2, 0.25) is 0 Å². The number of esters is 1. The van der Waals surface area contributed by atoms with Gasteiger partial charge in [-0.3, -0.25) is 9.59 Å². The number of Topliss-reactive ketones (excluding diaryl/α,β-unsaturated/α-hetero) is 3. The van der Waals surface area contributed by atoms with E-state index in [9.17, 15) is 19.2 Å². The van der Waals surface area contributed by atoms with Gasteiger partial charge >= 0.3 is 5.97 Å². The van der Waals surface area contributed by atoms with Crippen molar-refractivity contribution >= 4 is 23.3 Å². The summed E-state index contributed by atoms with van der Waals surface area (Å²) in [7, 11) is 0. The second kappa shape index (κ2) is 7.81. The van der Waals surface area contributed by atoms with Crippen molar-refractivity contribution in [3.05, 3.63) is 0 Å². The summed E-state index contributed by atoms with van der Waals surface area (Å²) in [4.78, 5) is 46.2. The van der Waals surface area contributed by atoms with Crippen LogP contribution in [-0.4, -0.2) is 29.9 Å². The Bertz CT molecular complexity index is 352. The first kappa shape index (κ1) is 17.5. The lowest BCUT2D eigenvalue weighted by Crippen LogP contribution is -2.40. The first-order chi connectivity index (χ1) is 8.76. The maximum atomic E-state index is 12.1. The molecule has 0 aromatic heterocycles. The van der Waals surface area contributed by atoms with Gasteiger partial charge < -0.3 is 14.3 Å². The SMILES string of the molecule is CCOC(=O)C(CCC(C)=O)(CCC(C)=O)C(C)=O. The minimum atomic E-state index is -1.37. The standard InChI is InChI=1S/C14H22O5/c1-5-19-13(18)14(12(4)17,8-6-10(2)15)9-7-11(3)16/h5-9H2,1-4H3. The Morgan fingerprint density at radius 3 is 1.58 bits per heavy atom. The van der Waals surface area contributed by atoms with Gasteiger partial charge in [0.1, 0.15) is 22.8 Å². The van der Waals surface area contributed by atoms with E-state index in [4.69, 9.17) is 4.74 Å². The average Bonchev–Trinajstić information content (AvgIpc) is 2.28. The molecular formula is C14H22O5. The van der Waals surface area contributed by atoms with E-state index in [0.717, 1.165) is 0 Å². The summed E-state index contributed by atoms with van der Waals surface area (Å²) in [5.41, 5.74) is -1.37. The molecule has 0 aliphatic heterocycles. The Labute approximate surface area is 113 Å². The van der Waals surface area contributed by atoms with Crippen molar-refractivity contribution in [2.45, 2.75) is 53.4 Å². The van der Waals surface area contributed by atoms with Crippen LogP contribution in [-0.2, 0) is 23.9 Å². The van der Waals surface area contributed by atoms with Crippen LogP contribution in [0.1, 0.15) is 53.4 Å². The normalized spacial score (nSPS) is 10.9. The number of rotatable bonds is 9. The quantitative estimate of drug-likeness (QED) is 0.472. The fourth-order valence-corrected chi connectivity index (χ4v) is 1.87. The first-order valence-electron chi connectivity index (χ1n) is 6.43. The van der Waals surface area contributed by atoms with Gasteiger partial charge in [-0.15, -0.1) is 0 Å². The smallest absolute Gasteiger partial charge is 0.319 e. The molecule has 0 bridgehead atoms. The van der Waals surface area contributed by atoms with E-state index in [-0.39, 0.29) is 49.6 Å². The molecule has 0 saturated carbocycles. The molecule has 0 aromatic carbocycles. The van der Waals surface area contributed by atoms with Crippen LogP contribution in [0.5, 0.6) is 0 Å². The predicted octanol–water partition coefficient (Wildman–Crippen LogP) is 1.86. The van der Waals surface area contributed by atoms with Crippen molar-refractivity contribution in [1.29, 1.82) is 0 Å². The third-order valence-corrected chi connectivity index (χ3v) is 3.15. The van der Waals surface area contributed by atoms with Crippen LogP contribution >= 0.6 is 0 Å². The van der Waals surface area contributed by atoms with Crippen molar-refractivity contribution in [3.63, 3.8) is 0 Å². The highest BCUT2D eigenvalue weighted by atomic mass is 16.5. The van der Waals surface area contributed by atoms with E-state index in [1.165, 1.54) is 20.8 Å². The molecule has 0 spiro atoms. The number of carbonyl (C=O) groups is 4. The minimum Gasteiger partial charge on any atom is -0.465 e. The second-order valence-electron chi connectivity index (χ2n) is 4.76. The summed E-state index contributed by atoms with van der Waals surface area (Å²) < 4.78 is 4.95. The molecule has 0 rings (SSSR count). The van der Waals surface area contributed by atoms with Gasteiger partial charge in [0.2, 0.25) is 0 Å². The molecule has 0 N–H and O–H groups in total. The zero-order valence-corrected chi connectivity index (χ0v) is 12.1. The van der Waals surface area contributed by atoms with Crippen LogP contribution in [0.3, 0.4) is 0 Å². The molecular weight excluding hydrogens is 248 g/mol. The van der Waals surface area contributed by atoms with Gasteiger partial charge in [0.05, 0.1) is 6.61 Å². The molecule has 5 heteroatoms. The molecule has 0 saturated heterocycles. The first-order valence-corrected chi connectivity index (χ1v) is 6.43. The number of hydrogen-bond donors (Lipinski definition) is 0. The van der Waals surface area contributed by atoms with Gasteiger partial charge in [-0.05, 0) is 40.5 Å². The van der Waals surface area contributed by atoms with Gasteiger partial charge in [0, 0.05) is 12.8 Å². The minimum absolute atomic E-state index is 0.0993. The average molecular weight is 270 g/mol. The lowest BCUT2D eigenvalue weighted by Gasteiger charge is -2.28. The summed E-state index contributed by atoms with van der Waals surface area (Å²) in [5, 5.41) is 0. The molecule has 0 radical (unpaired) electrons. The molecule has 0 aliphatic rings. The molecule has 19 heavy (non-hydrogen) atoms. The topological polar surface area (TPSA) is 77.5 Å². The summed E-state index contributed by atoms with van der Waals surface area (Å²) in [6.45, 7) is 5.92. The van der Waals surface area contributed by atoms with Crippen molar-refractivity contribution < 1.29 is 23.9 Å². The van der Waals surface area contributed by atoms with E-state index in [2.05, 4.69) is 0 Å². The molecule has 0 aliphatic carbocycles. The molecule has 108 valence electrons. The predicted molar refractivity (Wildman–Crippen MR) is 69.6 cm³/mol. The Morgan fingerprint density at radius 2 is 1.32 bits per heavy atom.